The number of rotatable bonds is 6. The third-order valence-electron chi connectivity index (χ3n) is 4.19. The first-order valence-corrected chi connectivity index (χ1v) is 8.08. The van der Waals surface area contributed by atoms with E-state index in [1.54, 1.807) is 0 Å². The van der Waals surface area contributed by atoms with Crippen LogP contribution in [0.1, 0.15) is 39.0 Å². The van der Waals surface area contributed by atoms with Gasteiger partial charge in [0.05, 0.1) is 25.4 Å². The predicted octanol–water partition coefficient (Wildman–Crippen LogP) is 1.13. The van der Waals surface area contributed by atoms with Crippen molar-refractivity contribution in [3.63, 3.8) is 0 Å². The van der Waals surface area contributed by atoms with Gasteiger partial charge in [0, 0.05) is 25.8 Å². The van der Waals surface area contributed by atoms with Crippen LogP contribution in [0.3, 0.4) is 0 Å². The maximum atomic E-state index is 12.3. The first kappa shape index (κ1) is 16.5. The second-order valence-electron chi connectivity index (χ2n) is 6.02. The molecule has 6 heteroatoms. The van der Waals surface area contributed by atoms with E-state index in [9.17, 15) is 4.79 Å². The largest absolute Gasteiger partial charge is 0.396 e. The normalized spacial score (nSPS) is 27.6. The van der Waals surface area contributed by atoms with Gasteiger partial charge in [0.1, 0.15) is 0 Å². The molecule has 122 valence electrons. The lowest BCUT2D eigenvalue weighted by atomic mass is 10.00. The molecule has 2 fully saturated rings. The summed E-state index contributed by atoms with van der Waals surface area (Å²) in [4.78, 5) is 14.2. The van der Waals surface area contributed by atoms with Crippen LogP contribution in [0.4, 0.5) is 4.79 Å². The molecule has 3 atom stereocenters. The molecule has 0 radical (unpaired) electrons. The van der Waals surface area contributed by atoms with E-state index in [2.05, 4.69) is 5.32 Å². The van der Waals surface area contributed by atoms with Gasteiger partial charge in [-0.25, -0.2) is 4.79 Å². The molecule has 2 rings (SSSR count). The number of carbonyl (C=O) groups excluding carboxylic acids is 1. The number of likely N-dealkylation sites (tertiary alicyclic amines) is 1. The highest BCUT2D eigenvalue weighted by Crippen LogP contribution is 2.19. The topological polar surface area (TPSA) is 71.0 Å². The van der Waals surface area contributed by atoms with Crippen molar-refractivity contribution in [3.05, 3.63) is 0 Å². The molecule has 2 heterocycles. The van der Waals surface area contributed by atoms with Gasteiger partial charge in [0.15, 0.2) is 0 Å². The first-order valence-electron chi connectivity index (χ1n) is 8.08. The van der Waals surface area contributed by atoms with E-state index in [4.69, 9.17) is 14.6 Å². The summed E-state index contributed by atoms with van der Waals surface area (Å²) in [5.41, 5.74) is 0. The molecule has 21 heavy (non-hydrogen) atoms. The van der Waals surface area contributed by atoms with Crippen LogP contribution in [0.25, 0.3) is 0 Å². The first-order chi connectivity index (χ1) is 10.2. The van der Waals surface area contributed by atoms with Crippen LogP contribution in [0.15, 0.2) is 0 Å². The Kier molecular flexibility index (Phi) is 6.73. The highest BCUT2D eigenvalue weighted by molar-refractivity contribution is 5.75. The van der Waals surface area contributed by atoms with E-state index in [0.717, 1.165) is 38.8 Å². The molecule has 0 aromatic carbocycles. The summed E-state index contributed by atoms with van der Waals surface area (Å²) in [5.74, 6) is 0. The van der Waals surface area contributed by atoms with Gasteiger partial charge in [-0.2, -0.15) is 0 Å². The minimum Gasteiger partial charge on any atom is -0.396 e. The molecule has 2 N–H and O–H groups in total. The molecular weight excluding hydrogens is 272 g/mol. The van der Waals surface area contributed by atoms with Crippen molar-refractivity contribution >= 4 is 6.03 Å². The number of carbonyl (C=O) groups is 1. The van der Waals surface area contributed by atoms with Crippen LogP contribution < -0.4 is 5.32 Å². The fourth-order valence-corrected chi connectivity index (χ4v) is 2.98. The van der Waals surface area contributed by atoms with Crippen molar-refractivity contribution in [1.82, 2.24) is 10.2 Å². The van der Waals surface area contributed by atoms with E-state index < -0.39 is 0 Å². The van der Waals surface area contributed by atoms with E-state index in [-0.39, 0.29) is 30.8 Å². The summed E-state index contributed by atoms with van der Waals surface area (Å²) in [6, 6.07) is 0.113. The monoisotopic (exact) mass is 300 g/mol. The standard InChI is InChI=1S/C15H28N2O4/c1-12(10-21-14-6-9-20-11-14)16-15(19)17-7-3-2-4-13(17)5-8-18/h12-14,18H,2-11H2,1H3,(H,16,19)/t12-,13-,14+/m1/s1. The summed E-state index contributed by atoms with van der Waals surface area (Å²) in [5, 5.41) is 12.1. The third-order valence-corrected chi connectivity index (χ3v) is 4.19. The third kappa shape index (κ3) is 5.13. The molecule has 2 saturated heterocycles. The second kappa shape index (κ2) is 8.56. The molecule has 0 unspecified atom stereocenters. The summed E-state index contributed by atoms with van der Waals surface area (Å²) >= 11 is 0. The Morgan fingerprint density at radius 3 is 3.05 bits per heavy atom. The number of aliphatic hydroxyl groups is 1. The van der Waals surface area contributed by atoms with Crippen molar-refractivity contribution in [1.29, 1.82) is 0 Å². The number of nitrogens with one attached hydrogen (secondary N) is 1. The van der Waals surface area contributed by atoms with Crippen molar-refractivity contribution in [2.24, 2.45) is 0 Å². The number of aliphatic hydroxyl groups excluding tert-OH is 1. The van der Waals surface area contributed by atoms with Gasteiger partial charge < -0.3 is 24.8 Å². The van der Waals surface area contributed by atoms with Crippen LogP contribution in [0.5, 0.6) is 0 Å². The number of hydrogen-bond acceptors (Lipinski definition) is 4. The van der Waals surface area contributed by atoms with Gasteiger partial charge in [-0.3, -0.25) is 0 Å². The molecular formula is C15H28N2O4. The zero-order valence-corrected chi connectivity index (χ0v) is 12.9. The quantitative estimate of drug-likeness (QED) is 0.771. The summed E-state index contributed by atoms with van der Waals surface area (Å²) in [7, 11) is 0. The van der Waals surface area contributed by atoms with Gasteiger partial charge in [0.2, 0.25) is 0 Å². The molecule has 0 saturated carbocycles. The SMILES string of the molecule is C[C@H](CO[C@H]1CCOC1)NC(=O)N1CCCC[C@@H]1CCO. The zero-order valence-electron chi connectivity index (χ0n) is 12.9. The van der Waals surface area contributed by atoms with E-state index in [1.807, 2.05) is 11.8 Å². The molecule has 0 aliphatic carbocycles. The molecule has 0 bridgehead atoms. The minimum atomic E-state index is -0.0353. The summed E-state index contributed by atoms with van der Waals surface area (Å²) < 4.78 is 11.0. The highest BCUT2D eigenvalue weighted by Gasteiger charge is 2.27. The zero-order chi connectivity index (χ0) is 15.1. The van der Waals surface area contributed by atoms with Gasteiger partial charge in [-0.15, -0.1) is 0 Å². The molecule has 6 nitrogen and oxygen atoms in total. The number of nitrogens with zero attached hydrogens (tertiary/aromatic N) is 1. The highest BCUT2D eigenvalue weighted by atomic mass is 16.5. The van der Waals surface area contributed by atoms with Crippen molar-refractivity contribution in [2.45, 2.75) is 57.2 Å². The number of amides is 2. The predicted molar refractivity (Wildman–Crippen MR) is 79.2 cm³/mol. The van der Waals surface area contributed by atoms with Crippen molar-refractivity contribution < 1.29 is 19.4 Å². The Hall–Kier alpha value is -0.850. The van der Waals surface area contributed by atoms with Gasteiger partial charge in [-0.05, 0) is 39.0 Å². The summed E-state index contributed by atoms with van der Waals surface area (Å²) in [6.45, 7) is 4.81. The average molecular weight is 300 g/mol. The Labute approximate surface area is 126 Å². The lowest BCUT2D eigenvalue weighted by Gasteiger charge is -2.36. The van der Waals surface area contributed by atoms with Crippen molar-refractivity contribution in [2.75, 3.05) is 33.0 Å². The molecule has 0 spiro atoms. The lowest BCUT2D eigenvalue weighted by molar-refractivity contribution is 0.0322. The molecule has 2 aliphatic heterocycles. The van der Waals surface area contributed by atoms with Crippen LogP contribution in [0, 0.1) is 0 Å². The second-order valence-corrected chi connectivity index (χ2v) is 6.02. The fraction of sp³-hybridized carbons (Fsp3) is 0.933. The number of ether oxygens (including phenoxy) is 2. The Balaban J connectivity index is 1.73. The number of urea groups is 1. The molecule has 0 aromatic heterocycles. The molecule has 2 amide bonds. The van der Waals surface area contributed by atoms with Gasteiger partial charge in [-0.1, -0.05) is 0 Å². The lowest BCUT2D eigenvalue weighted by Crippen LogP contribution is -2.51. The smallest absolute Gasteiger partial charge is 0.317 e. The van der Waals surface area contributed by atoms with Crippen LogP contribution in [-0.4, -0.2) is 67.2 Å². The minimum absolute atomic E-state index is 0.0187. The summed E-state index contributed by atoms with van der Waals surface area (Å²) in [6.07, 6.45) is 4.93. The van der Waals surface area contributed by atoms with Crippen LogP contribution in [-0.2, 0) is 9.47 Å². The average Bonchev–Trinajstić information content (AvgIpc) is 2.99. The van der Waals surface area contributed by atoms with Crippen LogP contribution in [0.2, 0.25) is 0 Å². The molecule has 0 aromatic rings. The number of piperidine rings is 1. The van der Waals surface area contributed by atoms with Gasteiger partial charge >= 0.3 is 6.03 Å². The van der Waals surface area contributed by atoms with Crippen LogP contribution >= 0.6 is 0 Å². The van der Waals surface area contributed by atoms with Crippen molar-refractivity contribution in [3.8, 4) is 0 Å². The Morgan fingerprint density at radius 1 is 1.48 bits per heavy atom. The maximum absolute atomic E-state index is 12.3. The van der Waals surface area contributed by atoms with Gasteiger partial charge in [0.25, 0.3) is 0 Å². The Morgan fingerprint density at radius 2 is 2.33 bits per heavy atom. The number of hydrogen-bond donors (Lipinski definition) is 2. The van der Waals surface area contributed by atoms with E-state index in [1.165, 1.54) is 0 Å². The maximum Gasteiger partial charge on any atom is 0.317 e. The Bertz CT molecular complexity index is 319. The van der Waals surface area contributed by atoms with E-state index >= 15 is 0 Å². The molecule has 2 aliphatic rings. The van der Waals surface area contributed by atoms with E-state index in [0.29, 0.717) is 19.6 Å². The fourth-order valence-electron chi connectivity index (χ4n) is 2.98.